The molecule has 0 bridgehead atoms. The number of rotatable bonds is 3. The van der Waals surface area contributed by atoms with E-state index in [2.05, 4.69) is 20.9 Å². The molecule has 2 rings (SSSR count). The van der Waals surface area contributed by atoms with Gasteiger partial charge in [-0.2, -0.15) is 0 Å². The molecule has 0 saturated carbocycles. The number of aromatic nitrogens is 1. The minimum atomic E-state index is -3.12. The smallest absolute Gasteiger partial charge is 0.159 e. The maximum Gasteiger partial charge on any atom is 0.159 e. The van der Waals surface area contributed by atoms with Crippen LogP contribution in [0.25, 0.3) is 0 Å². The third-order valence-corrected chi connectivity index (χ3v) is 5.79. The van der Waals surface area contributed by atoms with Gasteiger partial charge in [0.15, 0.2) is 9.84 Å². The number of sulfone groups is 1. The molecule has 0 aromatic carbocycles. The Hall–Kier alpha value is -0.460. The van der Waals surface area contributed by atoms with Gasteiger partial charge in [0, 0.05) is 12.8 Å². The molecule has 1 saturated heterocycles. The first-order chi connectivity index (χ1) is 7.99. The van der Waals surface area contributed by atoms with Gasteiger partial charge in [0.2, 0.25) is 0 Å². The van der Waals surface area contributed by atoms with E-state index in [1.165, 1.54) is 0 Å². The lowest BCUT2D eigenvalue weighted by Crippen LogP contribution is -2.23. The van der Waals surface area contributed by atoms with Gasteiger partial charge >= 0.3 is 0 Å². The van der Waals surface area contributed by atoms with Crippen LogP contribution in [0.4, 0.5) is 0 Å². The number of nitrogens with zero attached hydrogens (tertiary/aromatic N) is 1. The SMILES string of the molecule is Cc1cc(CS(=O)(=O)C2CCOC2)cnc1Br. The number of hydrogen-bond donors (Lipinski definition) is 0. The van der Waals surface area contributed by atoms with E-state index in [9.17, 15) is 8.42 Å². The first kappa shape index (κ1) is 13.0. The van der Waals surface area contributed by atoms with Gasteiger partial charge in [0.25, 0.3) is 0 Å². The van der Waals surface area contributed by atoms with Crippen LogP contribution >= 0.6 is 15.9 Å². The first-order valence-corrected chi connectivity index (χ1v) is 7.90. The summed E-state index contributed by atoms with van der Waals surface area (Å²) in [7, 11) is -3.12. The van der Waals surface area contributed by atoms with Gasteiger partial charge in [0.1, 0.15) is 4.60 Å². The molecule has 0 aliphatic carbocycles. The summed E-state index contributed by atoms with van der Waals surface area (Å²) in [5, 5.41) is -0.355. The quantitative estimate of drug-likeness (QED) is 0.798. The van der Waals surface area contributed by atoms with Crippen molar-refractivity contribution in [2.75, 3.05) is 13.2 Å². The summed E-state index contributed by atoms with van der Waals surface area (Å²) in [6, 6.07) is 1.85. The van der Waals surface area contributed by atoms with Crippen molar-refractivity contribution in [2.45, 2.75) is 24.3 Å². The Bertz CT molecular complexity index is 509. The summed E-state index contributed by atoms with van der Waals surface area (Å²) in [5.74, 6) is 0.0438. The molecule has 1 aromatic heterocycles. The number of pyridine rings is 1. The van der Waals surface area contributed by atoms with Crippen LogP contribution in [-0.4, -0.2) is 31.9 Å². The second kappa shape index (κ2) is 5.04. The lowest BCUT2D eigenvalue weighted by molar-refractivity contribution is 0.198. The van der Waals surface area contributed by atoms with Crippen molar-refractivity contribution < 1.29 is 13.2 Å². The number of aryl methyl sites for hydroxylation is 1. The summed E-state index contributed by atoms with van der Waals surface area (Å²) in [5.41, 5.74) is 1.68. The Morgan fingerprint density at radius 1 is 1.59 bits per heavy atom. The highest BCUT2D eigenvalue weighted by Crippen LogP contribution is 2.20. The van der Waals surface area contributed by atoms with Gasteiger partial charge in [0.05, 0.1) is 17.6 Å². The van der Waals surface area contributed by atoms with Gasteiger partial charge in [-0.15, -0.1) is 0 Å². The van der Waals surface area contributed by atoms with E-state index in [-0.39, 0.29) is 11.0 Å². The summed E-state index contributed by atoms with van der Waals surface area (Å²) >= 11 is 3.29. The van der Waals surface area contributed by atoms with Crippen LogP contribution in [0.3, 0.4) is 0 Å². The van der Waals surface area contributed by atoms with E-state index >= 15 is 0 Å². The zero-order valence-electron chi connectivity index (χ0n) is 9.52. The van der Waals surface area contributed by atoms with Crippen LogP contribution < -0.4 is 0 Å². The molecular formula is C11H14BrNO3S. The molecule has 0 amide bonds. The van der Waals surface area contributed by atoms with Crippen LogP contribution in [-0.2, 0) is 20.3 Å². The van der Waals surface area contributed by atoms with Gasteiger partial charge in [-0.05, 0) is 40.4 Å². The van der Waals surface area contributed by atoms with Crippen molar-refractivity contribution in [3.8, 4) is 0 Å². The van der Waals surface area contributed by atoms with E-state index in [4.69, 9.17) is 4.74 Å². The maximum absolute atomic E-state index is 12.1. The fourth-order valence-electron chi connectivity index (χ4n) is 1.84. The van der Waals surface area contributed by atoms with Crippen LogP contribution in [0, 0.1) is 6.92 Å². The first-order valence-electron chi connectivity index (χ1n) is 5.39. The molecule has 1 aliphatic heterocycles. The van der Waals surface area contributed by atoms with Gasteiger partial charge in [-0.3, -0.25) is 0 Å². The topological polar surface area (TPSA) is 56.3 Å². The van der Waals surface area contributed by atoms with Crippen molar-refractivity contribution in [1.82, 2.24) is 4.98 Å². The summed E-state index contributed by atoms with van der Waals surface area (Å²) in [6.45, 7) is 2.76. The molecule has 2 heterocycles. The lowest BCUT2D eigenvalue weighted by Gasteiger charge is -2.10. The highest BCUT2D eigenvalue weighted by atomic mass is 79.9. The molecule has 94 valence electrons. The normalized spacial score (nSPS) is 20.7. The Kier molecular flexibility index (Phi) is 3.85. The molecule has 0 radical (unpaired) electrons. The largest absolute Gasteiger partial charge is 0.380 e. The van der Waals surface area contributed by atoms with Crippen LogP contribution in [0.5, 0.6) is 0 Å². The standard InChI is InChI=1S/C11H14BrNO3S/c1-8-4-9(5-13-11(8)12)7-17(14,15)10-2-3-16-6-10/h4-5,10H,2-3,6-7H2,1H3. The third kappa shape index (κ3) is 3.05. The molecule has 0 spiro atoms. The monoisotopic (exact) mass is 319 g/mol. The number of halogens is 1. The summed E-state index contributed by atoms with van der Waals surface area (Å²) < 4.78 is 30.0. The van der Waals surface area contributed by atoms with Crippen molar-refractivity contribution >= 4 is 25.8 Å². The average molecular weight is 320 g/mol. The Balaban J connectivity index is 2.17. The Morgan fingerprint density at radius 3 is 2.94 bits per heavy atom. The zero-order valence-corrected chi connectivity index (χ0v) is 11.9. The maximum atomic E-state index is 12.1. The molecule has 1 aromatic rings. The molecule has 4 nitrogen and oxygen atoms in total. The van der Waals surface area contributed by atoms with Crippen LogP contribution in [0.2, 0.25) is 0 Å². The second-order valence-corrected chi connectivity index (χ2v) is 7.28. The van der Waals surface area contributed by atoms with E-state index in [1.807, 2.05) is 13.0 Å². The van der Waals surface area contributed by atoms with Gasteiger partial charge < -0.3 is 4.74 Å². The van der Waals surface area contributed by atoms with Crippen molar-refractivity contribution in [2.24, 2.45) is 0 Å². The summed E-state index contributed by atoms with van der Waals surface area (Å²) in [6.07, 6.45) is 2.20. The predicted octanol–water partition coefficient (Wildman–Crippen LogP) is 1.86. The third-order valence-electron chi connectivity index (χ3n) is 2.83. The van der Waals surface area contributed by atoms with Crippen molar-refractivity contribution in [3.63, 3.8) is 0 Å². The summed E-state index contributed by atoms with van der Waals surface area (Å²) in [4.78, 5) is 4.11. The van der Waals surface area contributed by atoms with Crippen molar-refractivity contribution in [3.05, 3.63) is 28.0 Å². The van der Waals surface area contributed by atoms with E-state index in [0.29, 0.717) is 19.6 Å². The average Bonchev–Trinajstić information content (AvgIpc) is 2.77. The number of ether oxygens (including phenoxy) is 1. The zero-order chi connectivity index (χ0) is 12.5. The number of hydrogen-bond acceptors (Lipinski definition) is 4. The van der Waals surface area contributed by atoms with Gasteiger partial charge in [-0.25, -0.2) is 13.4 Å². The molecule has 1 aliphatic rings. The van der Waals surface area contributed by atoms with Crippen LogP contribution in [0.1, 0.15) is 17.5 Å². The van der Waals surface area contributed by atoms with E-state index < -0.39 is 9.84 Å². The Morgan fingerprint density at radius 2 is 2.35 bits per heavy atom. The highest BCUT2D eigenvalue weighted by molar-refractivity contribution is 9.10. The molecular weight excluding hydrogens is 306 g/mol. The second-order valence-electron chi connectivity index (χ2n) is 4.24. The minimum absolute atomic E-state index is 0.0438. The fourth-order valence-corrected chi connectivity index (χ4v) is 3.68. The molecule has 1 unspecified atom stereocenters. The molecule has 1 fully saturated rings. The predicted molar refractivity (Wildman–Crippen MR) is 68.5 cm³/mol. The van der Waals surface area contributed by atoms with E-state index in [1.54, 1.807) is 6.20 Å². The van der Waals surface area contributed by atoms with Crippen LogP contribution in [0.15, 0.2) is 16.9 Å². The van der Waals surface area contributed by atoms with Gasteiger partial charge in [-0.1, -0.05) is 6.07 Å². The highest BCUT2D eigenvalue weighted by Gasteiger charge is 2.29. The minimum Gasteiger partial charge on any atom is -0.380 e. The molecule has 0 N–H and O–H groups in total. The molecule has 6 heteroatoms. The Labute approximate surface area is 109 Å². The lowest BCUT2D eigenvalue weighted by atomic mass is 10.2. The fraction of sp³-hybridized carbons (Fsp3) is 0.545. The van der Waals surface area contributed by atoms with E-state index in [0.717, 1.165) is 15.7 Å². The molecule has 1 atom stereocenters. The van der Waals surface area contributed by atoms with Crippen molar-refractivity contribution in [1.29, 1.82) is 0 Å². The molecule has 17 heavy (non-hydrogen) atoms.